The van der Waals surface area contributed by atoms with E-state index in [0.29, 0.717) is 17.4 Å². The second-order valence-electron chi connectivity index (χ2n) is 3.95. The van der Waals surface area contributed by atoms with Gasteiger partial charge in [-0.05, 0) is 12.1 Å². The monoisotopic (exact) mass is 263 g/mol. The van der Waals surface area contributed by atoms with Crippen molar-refractivity contribution in [3.8, 4) is 0 Å². The summed E-state index contributed by atoms with van der Waals surface area (Å²) in [6, 6.07) is 5.56. The number of aromatic nitrogens is 3. The zero-order valence-corrected chi connectivity index (χ0v) is 10.1. The first-order valence-corrected chi connectivity index (χ1v) is 5.79. The van der Waals surface area contributed by atoms with E-state index in [1.807, 2.05) is 29.0 Å². The van der Waals surface area contributed by atoms with E-state index < -0.39 is 0 Å². The number of rotatable bonds is 3. The molecule has 0 aliphatic carbocycles. The molecule has 0 aliphatic heterocycles. The fraction of sp³-hybridized carbons (Fsp3) is 0.167. The topological polar surface area (TPSA) is 64.1 Å². The molecule has 5 nitrogen and oxygen atoms in total. The lowest BCUT2D eigenvalue weighted by molar-refractivity contribution is 0.283. The third-order valence-electron chi connectivity index (χ3n) is 2.82. The quantitative estimate of drug-likeness (QED) is 0.787. The molecule has 3 aromatic rings. The molecule has 0 unspecified atom stereocenters. The molecule has 1 aromatic carbocycles. The highest BCUT2D eigenvalue weighted by Crippen LogP contribution is 2.25. The highest BCUT2D eigenvalue weighted by molar-refractivity contribution is 6.31. The van der Waals surface area contributed by atoms with Crippen molar-refractivity contribution >= 4 is 22.5 Å². The average Bonchev–Trinajstić information content (AvgIpc) is 2.98. The van der Waals surface area contributed by atoms with Gasteiger partial charge in [-0.15, -0.1) is 0 Å². The summed E-state index contributed by atoms with van der Waals surface area (Å²) in [4.78, 5) is 3.98. The van der Waals surface area contributed by atoms with Crippen LogP contribution < -0.4 is 0 Å². The van der Waals surface area contributed by atoms with Crippen LogP contribution in [0.5, 0.6) is 0 Å². The number of nitrogens with zero attached hydrogens (tertiary/aromatic N) is 3. The van der Waals surface area contributed by atoms with Crippen LogP contribution in [0.15, 0.2) is 35.3 Å². The number of halogens is 1. The first kappa shape index (κ1) is 11.3. The number of aliphatic hydroxyl groups excluding tert-OH is 1. The zero-order valence-electron chi connectivity index (χ0n) is 9.38. The summed E-state index contributed by atoms with van der Waals surface area (Å²) >= 11 is 6.00. The van der Waals surface area contributed by atoms with Gasteiger partial charge in [-0.25, -0.2) is 0 Å². The third kappa shape index (κ3) is 1.87. The van der Waals surface area contributed by atoms with Crippen molar-refractivity contribution in [2.24, 2.45) is 0 Å². The Bertz CT molecular complexity index is 676. The van der Waals surface area contributed by atoms with Crippen molar-refractivity contribution in [1.82, 2.24) is 14.7 Å². The van der Waals surface area contributed by atoms with Crippen LogP contribution >= 0.6 is 11.6 Å². The standard InChI is InChI=1S/C12H10ClN3O2/c13-9-1-2-10-8(6-17)4-16(11(10)3-9)5-12-14-7-18-15-12/h1-4,7,17H,5-6H2. The number of hydrogen-bond acceptors (Lipinski definition) is 4. The minimum Gasteiger partial charge on any atom is -0.392 e. The maximum atomic E-state index is 9.35. The lowest BCUT2D eigenvalue weighted by atomic mass is 10.2. The molecular formula is C12H10ClN3O2. The van der Waals surface area contributed by atoms with Crippen molar-refractivity contribution in [2.45, 2.75) is 13.2 Å². The van der Waals surface area contributed by atoms with E-state index >= 15 is 0 Å². The van der Waals surface area contributed by atoms with Gasteiger partial charge in [0.05, 0.1) is 18.7 Å². The first-order chi connectivity index (χ1) is 8.78. The number of hydrogen-bond donors (Lipinski definition) is 1. The molecule has 0 aliphatic rings. The van der Waals surface area contributed by atoms with Crippen LogP contribution in [0.1, 0.15) is 11.4 Å². The van der Waals surface area contributed by atoms with Crippen molar-refractivity contribution in [1.29, 1.82) is 0 Å². The summed E-state index contributed by atoms with van der Waals surface area (Å²) in [5, 5.41) is 14.8. The van der Waals surface area contributed by atoms with Gasteiger partial charge in [0.25, 0.3) is 0 Å². The lowest BCUT2D eigenvalue weighted by Crippen LogP contribution is -1.99. The Hall–Kier alpha value is -1.85. The molecule has 2 heterocycles. The Balaban J connectivity index is 2.13. The minimum atomic E-state index is -0.0165. The summed E-state index contributed by atoms with van der Waals surface area (Å²) in [5.41, 5.74) is 1.79. The van der Waals surface area contributed by atoms with Crippen molar-refractivity contribution in [3.63, 3.8) is 0 Å². The van der Waals surface area contributed by atoms with E-state index in [1.54, 1.807) is 0 Å². The fourth-order valence-corrected chi connectivity index (χ4v) is 2.18. The van der Waals surface area contributed by atoms with Gasteiger partial charge in [0, 0.05) is 22.2 Å². The van der Waals surface area contributed by atoms with E-state index in [-0.39, 0.29) is 6.61 Å². The van der Waals surface area contributed by atoms with Crippen LogP contribution in [-0.2, 0) is 13.2 Å². The molecule has 2 aromatic heterocycles. The lowest BCUT2D eigenvalue weighted by Gasteiger charge is -2.01. The van der Waals surface area contributed by atoms with E-state index in [4.69, 9.17) is 16.1 Å². The van der Waals surface area contributed by atoms with Crippen LogP contribution in [0, 0.1) is 0 Å². The molecule has 0 spiro atoms. The molecule has 0 fully saturated rings. The average molecular weight is 264 g/mol. The molecule has 0 amide bonds. The summed E-state index contributed by atoms with van der Waals surface area (Å²) in [7, 11) is 0. The minimum absolute atomic E-state index is 0.0165. The van der Waals surface area contributed by atoms with Crippen LogP contribution in [0.4, 0.5) is 0 Å². The molecule has 0 saturated carbocycles. The third-order valence-corrected chi connectivity index (χ3v) is 3.05. The summed E-state index contributed by atoms with van der Waals surface area (Å²) in [5.74, 6) is 0.580. The number of aliphatic hydroxyl groups is 1. The predicted octanol–water partition coefficient (Wildman–Crippen LogP) is 2.22. The van der Waals surface area contributed by atoms with Crippen molar-refractivity contribution < 1.29 is 9.63 Å². The molecule has 0 bridgehead atoms. The van der Waals surface area contributed by atoms with E-state index in [1.165, 1.54) is 6.39 Å². The number of benzene rings is 1. The Morgan fingerprint density at radius 2 is 2.28 bits per heavy atom. The largest absolute Gasteiger partial charge is 0.392 e. The number of fused-ring (bicyclic) bond motifs is 1. The van der Waals surface area contributed by atoms with Gasteiger partial charge >= 0.3 is 0 Å². The predicted molar refractivity (Wildman–Crippen MR) is 66.3 cm³/mol. The Morgan fingerprint density at radius 3 is 3.00 bits per heavy atom. The highest BCUT2D eigenvalue weighted by Gasteiger charge is 2.10. The Labute approximate surface area is 108 Å². The second-order valence-corrected chi connectivity index (χ2v) is 4.39. The van der Waals surface area contributed by atoms with Crippen LogP contribution in [0.2, 0.25) is 5.02 Å². The fourth-order valence-electron chi connectivity index (χ4n) is 2.01. The van der Waals surface area contributed by atoms with Gasteiger partial charge in [0.1, 0.15) is 0 Å². The van der Waals surface area contributed by atoms with Gasteiger partial charge in [-0.2, -0.15) is 4.98 Å². The van der Waals surface area contributed by atoms with Crippen LogP contribution in [0.25, 0.3) is 10.9 Å². The summed E-state index contributed by atoms with van der Waals surface area (Å²) < 4.78 is 6.65. The Morgan fingerprint density at radius 1 is 1.39 bits per heavy atom. The molecule has 92 valence electrons. The van der Waals surface area contributed by atoms with Crippen LogP contribution in [0.3, 0.4) is 0 Å². The molecular weight excluding hydrogens is 254 g/mol. The van der Waals surface area contributed by atoms with Crippen molar-refractivity contribution in [3.05, 3.63) is 47.2 Å². The van der Waals surface area contributed by atoms with Gasteiger partial charge in [0.2, 0.25) is 6.39 Å². The van der Waals surface area contributed by atoms with Crippen molar-refractivity contribution in [2.75, 3.05) is 0 Å². The Kier molecular flexibility index (Phi) is 2.77. The molecule has 0 radical (unpaired) electrons. The molecule has 1 N–H and O–H groups in total. The SMILES string of the molecule is OCc1cn(Cc2ncon2)c2cc(Cl)ccc12. The smallest absolute Gasteiger partial charge is 0.213 e. The maximum Gasteiger partial charge on any atom is 0.213 e. The highest BCUT2D eigenvalue weighted by atomic mass is 35.5. The van der Waals surface area contributed by atoms with Gasteiger partial charge in [-0.3, -0.25) is 0 Å². The molecule has 3 rings (SSSR count). The summed E-state index contributed by atoms with van der Waals surface area (Å²) in [6.45, 7) is 0.463. The first-order valence-electron chi connectivity index (χ1n) is 5.41. The summed E-state index contributed by atoms with van der Waals surface area (Å²) in [6.07, 6.45) is 3.16. The van der Waals surface area contributed by atoms with Gasteiger partial charge in [-0.1, -0.05) is 22.8 Å². The van der Waals surface area contributed by atoms with E-state index in [2.05, 4.69) is 10.1 Å². The van der Waals surface area contributed by atoms with Crippen LogP contribution in [-0.4, -0.2) is 19.8 Å². The van der Waals surface area contributed by atoms with Gasteiger partial charge < -0.3 is 14.2 Å². The molecule has 18 heavy (non-hydrogen) atoms. The second kappa shape index (κ2) is 4.44. The molecule has 0 atom stereocenters. The molecule has 6 heteroatoms. The van der Waals surface area contributed by atoms with E-state index in [9.17, 15) is 5.11 Å². The van der Waals surface area contributed by atoms with Gasteiger partial charge in [0.15, 0.2) is 5.82 Å². The molecule has 0 saturated heterocycles. The normalized spacial score (nSPS) is 11.2. The van der Waals surface area contributed by atoms with E-state index in [0.717, 1.165) is 16.5 Å². The maximum absolute atomic E-state index is 9.35. The zero-order chi connectivity index (χ0) is 12.5.